The molecule has 1 heterocycles. The highest BCUT2D eigenvalue weighted by molar-refractivity contribution is 9.10. The molecule has 0 unspecified atom stereocenters. The molecule has 0 bridgehead atoms. The van der Waals surface area contributed by atoms with Crippen molar-refractivity contribution in [3.05, 3.63) is 63.9 Å². The summed E-state index contributed by atoms with van der Waals surface area (Å²) in [6.45, 7) is 1.59. The van der Waals surface area contributed by atoms with Crippen LogP contribution in [0.25, 0.3) is 0 Å². The first-order valence-corrected chi connectivity index (χ1v) is 8.71. The van der Waals surface area contributed by atoms with Crippen LogP contribution in [0.3, 0.4) is 0 Å². The van der Waals surface area contributed by atoms with Crippen LogP contribution >= 0.6 is 15.9 Å². The summed E-state index contributed by atoms with van der Waals surface area (Å²) in [5.74, 6) is -0.677. The molecule has 1 aliphatic rings. The average Bonchev–Trinajstić information content (AvgIpc) is 2.61. The van der Waals surface area contributed by atoms with Gasteiger partial charge in [-0.15, -0.1) is 0 Å². The molecule has 1 amide bonds. The molecule has 0 radical (unpaired) electrons. The van der Waals surface area contributed by atoms with E-state index in [0.717, 1.165) is 12.1 Å². The molecule has 2 aromatic carbocycles. The Morgan fingerprint density at radius 3 is 2.31 bits per heavy atom. The fraction of sp³-hybridized carbons (Fsp3) is 0.278. The van der Waals surface area contributed by atoms with Crippen LogP contribution in [0, 0.1) is 5.82 Å². The van der Waals surface area contributed by atoms with Crippen LogP contribution in [-0.4, -0.2) is 37.0 Å². The first kappa shape index (κ1) is 18.7. The lowest BCUT2D eigenvalue weighted by Gasteiger charge is -2.36. The highest BCUT2D eigenvalue weighted by atomic mass is 79.9. The third kappa shape index (κ3) is 4.00. The van der Waals surface area contributed by atoms with E-state index in [2.05, 4.69) is 15.9 Å². The Balaban J connectivity index is 1.68. The van der Waals surface area contributed by atoms with Crippen LogP contribution in [0.4, 0.5) is 23.2 Å². The van der Waals surface area contributed by atoms with Crippen molar-refractivity contribution in [3.63, 3.8) is 0 Å². The molecule has 3 rings (SSSR count). The van der Waals surface area contributed by atoms with Crippen molar-refractivity contribution < 1.29 is 22.4 Å². The number of carbonyl (C=O) groups is 1. The number of amides is 1. The van der Waals surface area contributed by atoms with Gasteiger partial charge in [0.1, 0.15) is 5.82 Å². The molecular weight excluding hydrogens is 416 g/mol. The third-order valence-corrected chi connectivity index (χ3v) is 4.92. The zero-order valence-electron chi connectivity index (χ0n) is 13.6. The molecule has 26 heavy (non-hydrogen) atoms. The molecule has 0 aromatic heterocycles. The summed E-state index contributed by atoms with van der Waals surface area (Å²) < 4.78 is 52.1. The lowest BCUT2D eigenvalue weighted by Crippen LogP contribution is -2.48. The lowest BCUT2D eigenvalue weighted by molar-refractivity contribution is -0.137. The average molecular weight is 431 g/mol. The summed E-state index contributed by atoms with van der Waals surface area (Å²) >= 11 is 3.18. The number of hydrogen-bond donors (Lipinski definition) is 0. The van der Waals surface area contributed by atoms with Crippen molar-refractivity contribution >= 4 is 27.5 Å². The van der Waals surface area contributed by atoms with Gasteiger partial charge in [-0.1, -0.05) is 6.07 Å². The molecule has 0 spiro atoms. The van der Waals surface area contributed by atoms with Crippen molar-refractivity contribution in [2.45, 2.75) is 6.18 Å². The Kier molecular flexibility index (Phi) is 5.22. The van der Waals surface area contributed by atoms with Crippen LogP contribution in [0.15, 0.2) is 46.9 Å². The van der Waals surface area contributed by atoms with Gasteiger partial charge in [0.15, 0.2) is 0 Å². The predicted molar refractivity (Wildman–Crippen MR) is 93.7 cm³/mol. The quantitative estimate of drug-likeness (QED) is 0.651. The minimum Gasteiger partial charge on any atom is -0.368 e. The molecule has 0 saturated carbocycles. The minimum absolute atomic E-state index is 0.236. The number of rotatable bonds is 2. The molecule has 1 saturated heterocycles. The number of carbonyl (C=O) groups excluding carboxylic acids is 1. The van der Waals surface area contributed by atoms with Gasteiger partial charge in [-0.05, 0) is 52.3 Å². The Bertz CT molecular complexity index is 817. The Morgan fingerprint density at radius 1 is 1.00 bits per heavy atom. The topological polar surface area (TPSA) is 23.6 Å². The van der Waals surface area contributed by atoms with Gasteiger partial charge in [0, 0.05) is 36.3 Å². The van der Waals surface area contributed by atoms with Gasteiger partial charge in [0.05, 0.1) is 11.1 Å². The number of piperazine rings is 1. The van der Waals surface area contributed by atoms with Crippen molar-refractivity contribution in [1.82, 2.24) is 4.90 Å². The number of benzene rings is 2. The van der Waals surface area contributed by atoms with Crippen LogP contribution in [0.5, 0.6) is 0 Å². The fourth-order valence-electron chi connectivity index (χ4n) is 2.88. The second-order valence-electron chi connectivity index (χ2n) is 5.95. The van der Waals surface area contributed by atoms with Gasteiger partial charge in [0.2, 0.25) is 0 Å². The summed E-state index contributed by atoms with van der Waals surface area (Å²) in [5, 5.41) is 0. The first-order valence-electron chi connectivity index (χ1n) is 7.92. The van der Waals surface area contributed by atoms with Crippen LogP contribution < -0.4 is 4.90 Å². The molecule has 8 heteroatoms. The molecule has 1 aliphatic heterocycles. The summed E-state index contributed by atoms with van der Waals surface area (Å²) in [7, 11) is 0. The van der Waals surface area contributed by atoms with E-state index in [-0.39, 0.29) is 5.91 Å². The van der Waals surface area contributed by atoms with Crippen LogP contribution in [-0.2, 0) is 6.18 Å². The van der Waals surface area contributed by atoms with Gasteiger partial charge in [-0.25, -0.2) is 4.39 Å². The highest BCUT2D eigenvalue weighted by Crippen LogP contribution is 2.32. The molecular formula is C18H15BrF4N2O. The number of anilines is 1. The predicted octanol–water partition coefficient (Wildman–Crippen LogP) is 4.57. The van der Waals surface area contributed by atoms with Gasteiger partial charge in [-0.2, -0.15) is 13.2 Å². The maximum Gasteiger partial charge on any atom is 0.416 e. The fourth-order valence-corrected chi connectivity index (χ4v) is 3.40. The van der Waals surface area contributed by atoms with Crippen molar-refractivity contribution in [3.8, 4) is 0 Å². The number of hydrogen-bond acceptors (Lipinski definition) is 2. The lowest BCUT2D eigenvalue weighted by atomic mass is 10.1. The molecule has 0 N–H and O–H groups in total. The normalized spacial score (nSPS) is 15.3. The second kappa shape index (κ2) is 7.26. The maximum atomic E-state index is 13.2. The van der Waals surface area contributed by atoms with E-state index < -0.39 is 17.6 Å². The van der Waals surface area contributed by atoms with Crippen molar-refractivity contribution in [2.24, 2.45) is 0 Å². The molecule has 138 valence electrons. The summed E-state index contributed by atoms with van der Waals surface area (Å²) in [4.78, 5) is 16.0. The zero-order valence-corrected chi connectivity index (χ0v) is 15.1. The summed E-state index contributed by atoms with van der Waals surface area (Å²) in [5.41, 5.74) is 0.151. The van der Waals surface area contributed by atoms with Crippen LogP contribution in [0.1, 0.15) is 15.9 Å². The van der Waals surface area contributed by atoms with Gasteiger partial charge < -0.3 is 9.80 Å². The van der Waals surface area contributed by atoms with Gasteiger partial charge in [-0.3, -0.25) is 4.79 Å². The molecule has 3 nitrogen and oxygen atoms in total. The molecule has 0 aliphatic carbocycles. The Morgan fingerprint density at radius 2 is 1.69 bits per heavy atom. The van der Waals surface area contributed by atoms with E-state index in [9.17, 15) is 22.4 Å². The minimum atomic E-state index is -4.39. The number of nitrogens with zero attached hydrogens (tertiary/aromatic N) is 2. The summed E-state index contributed by atoms with van der Waals surface area (Å²) in [6.07, 6.45) is -4.39. The van der Waals surface area contributed by atoms with Gasteiger partial charge >= 0.3 is 6.18 Å². The summed E-state index contributed by atoms with van der Waals surface area (Å²) in [6, 6.07) is 9.03. The Labute approximate surface area is 156 Å². The SMILES string of the molecule is O=C(c1ccc(F)cc1Br)N1CCN(c2cccc(C(F)(F)F)c2)CC1. The van der Waals surface area contributed by atoms with E-state index in [1.54, 1.807) is 11.0 Å². The monoisotopic (exact) mass is 430 g/mol. The molecule has 2 aromatic rings. The van der Waals surface area contributed by atoms with Crippen LogP contribution in [0.2, 0.25) is 0 Å². The van der Waals surface area contributed by atoms with E-state index in [1.165, 1.54) is 24.3 Å². The maximum absolute atomic E-state index is 13.2. The number of halogens is 5. The van der Waals surface area contributed by atoms with Gasteiger partial charge in [0.25, 0.3) is 5.91 Å². The molecule has 0 atom stereocenters. The molecule has 1 fully saturated rings. The van der Waals surface area contributed by atoms with Crippen molar-refractivity contribution in [2.75, 3.05) is 31.1 Å². The Hall–Kier alpha value is -2.09. The van der Waals surface area contributed by atoms with E-state index in [0.29, 0.717) is 41.9 Å². The van der Waals surface area contributed by atoms with E-state index >= 15 is 0 Å². The number of alkyl halides is 3. The second-order valence-corrected chi connectivity index (χ2v) is 6.81. The highest BCUT2D eigenvalue weighted by Gasteiger charge is 2.31. The van der Waals surface area contributed by atoms with Crippen molar-refractivity contribution in [1.29, 1.82) is 0 Å². The third-order valence-electron chi connectivity index (χ3n) is 4.27. The smallest absolute Gasteiger partial charge is 0.368 e. The van der Waals surface area contributed by atoms with E-state index in [1.807, 2.05) is 4.90 Å². The zero-order chi connectivity index (χ0) is 18.9. The van der Waals surface area contributed by atoms with E-state index in [4.69, 9.17) is 0 Å². The first-order chi connectivity index (χ1) is 12.3. The largest absolute Gasteiger partial charge is 0.416 e. The standard InChI is InChI=1S/C18H15BrF4N2O/c19-16-11-13(20)4-5-15(16)17(26)25-8-6-24(7-9-25)14-3-1-2-12(10-14)18(21,22)23/h1-5,10-11H,6-9H2.